The largest absolute Gasteiger partial charge is 0.375 e. The highest BCUT2D eigenvalue weighted by Crippen LogP contribution is 2.17. The van der Waals surface area contributed by atoms with E-state index in [9.17, 15) is 4.79 Å². The summed E-state index contributed by atoms with van der Waals surface area (Å²) >= 11 is 0. The lowest BCUT2D eigenvalue weighted by atomic mass is 10.2. The van der Waals surface area contributed by atoms with Gasteiger partial charge in [-0.15, -0.1) is 0 Å². The quantitative estimate of drug-likeness (QED) is 0.864. The molecule has 1 saturated heterocycles. The zero-order valence-corrected chi connectivity index (χ0v) is 11.3. The van der Waals surface area contributed by atoms with E-state index < -0.39 is 0 Å². The number of hydrogen-bond donors (Lipinski definition) is 1. The Hall–Kier alpha value is -1.56. The van der Waals surface area contributed by atoms with Gasteiger partial charge >= 0.3 is 0 Å². The molecule has 2 aliphatic rings. The van der Waals surface area contributed by atoms with Gasteiger partial charge in [0.25, 0.3) is 5.91 Å². The zero-order chi connectivity index (χ0) is 13.2. The molecule has 1 aromatic heterocycles. The highest BCUT2D eigenvalue weighted by Gasteiger charge is 2.26. The molecule has 6 nitrogen and oxygen atoms in total. The summed E-state index contributed by atoms with van der Waals surface area (Å²) in [5, 5.41) is 3.22. The number of anilines is 1. The van der Waals surface area contributed by atoms with E-state index in [4.69, 9.17) is 4.74 Å². The Kier molecular flexibility index (Phi) is 3.42. The molecular weight excluding hydrogens is 244 g/mol. The summed E-state index contributed by atoms with van der Waals surface area (Å²) < 4.78 is 7.62. The molecule has 3 heterocycles. The van der Waals surface area contributed by atoms with Crippen molar-refractivity contribution in [1.29, 1.82) is 0 Å². The van der Waals surface area contributed by atoms with Crippen molar-refractivity contribution in [2.75, 3.05) is 31.6 Å². The third-order valence-corrected chi connectivity index (χ3v) is 3.74. The second-order valence-electron chi connectivity index (χ2n) is 5.08. The van der Waals surface area contributed by atoms with Gasteiger partial charge in [-0.25, -0.2) is 4.98 Å². The summed E-state index contributed by atoms with van der Waals surface area (Å²) in [5.74, 6) is 0.834. The summed E-state index contributed by atoms with van der Waals surface area (Å²) in [4.78, 5) is 18.7. The first-order valence-electron chi connectivity index (χ1n) is 7.00. The molecule has 1 unspecified atom stereocenters. The van der Waals surface area contributed by atoms with Crippen molar-refractivity contribution in [2.24, 2.45) is 0 Å². The van der Waals surface area contributed by atoms with Crippen LogP contribution < -0.4 is 5.32 Å². The van der Waals surface area contributed by atoms with Crippen LogP contribution in [0.15, 0.2) is 6.20 Å². The molecule has 104 valence electrons. The first-order chi connectivity index (χ1) is 9.28. The van der Waals surface area contributed by atoms with E-state index in [0.717, 1.165) is 31.9 Å². The average Bonchev–Trinajstić information content (AvgIpc) is 2.90. The number of rotatable bonds is 2. The van der Waals surface area contributed by atoms with Crippen LogP contribution in [0.4, 0.5) is 5.95 Å². The van der Waals surface area contributed by atoms with E-state index in [0.29, 0.717) is 25.4 Å². The Bertz CT molecular complexity index is 448. The third kappa shape index (κ3) is 2.45. The van der Waals surface area contributed by atoms with Crippen molar-refractivity contribution in [3.05, 3.63) is 11.9 Å². The number of ether oxygens (including phenoxy) is 1. The van der Waals surface area contributed by atoms with Gasteiger partial charge in [0.1, 0.15) is 5.69 Å². The highest BCUT2D eigenvalue weighted by atomic mass is 16.5. The molecule has 0 saturated carbocycles. The summed E-state index contributed by atoms with van der Waals surface area (Å²) in [6.07, 6.45) is 4.03. The fourth-order valence-electron chi connectivity index (χ4n) is 2.59. The molecular formula is C13H20N4O2. The van der Waals surface area contributed by atoms with Crippen LogP contribution in [0, 0.1) is 0 Å². The highest BCUT2D eigenvalue weighted by molar-refractivity contribution is 5.92. The van der Waals surface area contributed by atoms with Crippen molar-refractivity contribution in [3.8, 4) is 0 Å². The maximum Gasteiger partial charge on any atom is 0.274 e. The number of fused-ring (bicyclic) bond motifs is 1. The van der Waals surface area contributed by atoms with Gasteiger partial charge in [-0.3, -0.25) is 4.79 Å². The van der Waals surface area contributed by atoms with E-state index in [1.807, 2.05) is 15.7 Å². The Morgan fingerprint density at radius 3 is 3.26 bits per heavy atom. The van der Waals surface area contributed by atoms with Crippen molar-refractivity contribution < 1.29 is 9.53 Å². The fourth-order valence-corrected chi connectivity index (χ4v) is 2.59. The van der Waals surface area contributed by atoms with Crippen LogP contribution in [-0.2, 0) is 11.3 Å². The van der Waals surface area contributed by atoms with Crippen molar-refractivity contribution in [1.82, 2.24) is 14.5 Å². The first-order valence-corrected chi connectivity index (χ1v) is 7.00. The number of hydrogen-bond acceptors (Lipinski definition) is 4. The molecule has 0 radical (unpaired) electrons. The van der Waals surface area contributed by atoms with Crippen LogP contribution in [0.5, 0.6) is 0 Å². The molecule has 1 N–H and O–H groups in total. The lowest BCUT2D eigenvalue weighted by Crippen LogP contribution is -2.45. The minimum absolute atomic E-state index is 0.0189. The van der Waals surface area contributed by atoms with Crippen molar-refractivity contribution >= 4 is 11.9 Å². The number of aromatic nitrogens is 2. The molecule has 1 amide bonds. The van der Waals surface area contributed by atoms with Gasteiger partial charge in [0, 0.05) is 32.4 Å². The van der Waals surface area contributed by atoms with Crippen LogP contribution in [0.3, 0.4) is 0 Å². The molecule has 0 bridgehead atoms. The molecule has 0 aliphatic carbocycles. The third-order valence-electron chi connectivity index (χ3n) is 3.74. The van der Waals surface area contributed by atoms with Crippen LogP contribution in [0.2, 0.25) is 0 Å². The zero-order valence-electron chi connectivity index (χ0n) is 11.3. The van der Waals surface area contributed by atoms with Crippen molar-refractivity contribution in [3.63, 3.8) is 0 Å². The van der Waals surface area contributed by atoms with Crippen molar-refractivity contribution in [2.45, 2.75) is 32.4 Å². The van der Waals surface area contributed by atoms with E-state index in [2.05, 4.69) is 17.2 Å². The van der Waals surface area contributed by atoms with Gasteiger partial charge in [0.15, 0.2) is 0 Å². The summed E-state index contributed by atoms with van der Waals surface area (Å²) in [6.45, 7) is 5.90. The van der Waals surface area contributed by atoms with Gasteiger partial charge in [0.05, 0.1) is 12.7 Å². The van der Waals surface area contributed by atoms with Gasteiger partial charge in [-0.05, 0) is 12.8 Å². The second kappa shape index (κ2) is 5.21. The molecule has 2 aliphatic heterocycles. The van der Waals surface area contributed by atoms with E-state index >= 15 is 0 Å². The molecule has 1 fully saturated rings. The predicted octanol–water partition coefficient (Wildman–Crippen LogP) is 0.950. The minimum Gasteiger partial charge on any atom is -0.375 e. The molecule has 0 spiro atoms. The molecule has 0 aromatic carbocycles. The monoisotopic (exact) mass is 264 g/mol. The molecule has 3 rings (SSSR count). The number of nitrogens with one attached hydrogen (secondary N) is 1. The van der Waals surface area contributed by atoms with Gasteiger partial charge in [-0.1, -0.05) is 6.92 Å². The number of morpholine rings is 1. The Balaban J connectivity index is 1.74. The molecule has 1 aromatic rings. The number of carbonyl (C=O) groups excluding carboxylic acids is 1. The Morgan fingerprint density at radius 2 is 2.47 bits per heavy atom. The molecule has 6 heteroatoms. The lowest BCUT2D eigenvalue weighted by molar-refractivity contribution is -0.0228. The fraction of sp³-hybridized carbons (Fsp3) is 0.692. The topological polar surface area (TPSA) is 59.4 Å². The van der Waals surface area contributed by atoms with Crippen LogP contribution in [0.1, 0.15) is 30.3 Å². The number of imidazole rings is 1. The molecule has 1 atom stereocenters. The number of aryl methyl sites for hydroxylation is 1. The van der Waals surface area contributed by atoms with E-state index in [-0.39, 0.29) is 12.0 Å². The summed E-state index contributed by atoms with van der Waals surface area (Å²) in [5.41, 5.74) is 0.543. The number of carbonyl (C=O) groups is 1. The summed E-state index contributed by atoms with van der Waals surface area (Å²) in [7, 11) is 0. The number of amides is 1. The Labute approximate surface area is 112 Å². The van der Waals surface area contributed by atoms with Gasteiger partial charge in [-0.2, -0.15) is 0 Å². The van der Waals surface area contributed by atoms with Crippen LogP contribution in [-0.4, -0.2) is 52.7 Å². The average molecular weight is 264 g/mol. The minimum atomic E-state index is 0.0189. The maximum absolute atomic E-state index is 12.4. The predicted molar refractivity (Wildman–Crippen MR) is 71.3 cm³/mol. The van der Waals surface area contributed by atoms with E-state index in [1.165, 1.54) is 0 Å². The second-order valence-corrected chi connectivity index (χ2v) is 5.08. The van der Waals surface area contributed by atoms with Crippen LogP contribution in [0.25, 0.3) is 0 Å². The molecule has 19 heavy (non-hydrogen) atoms. The normalized spacial score (nSPS) is 22.8. The van der Waals surface area contributed by atoms with Crippen LogP contribution >= 0.6 is 0 Å². The van der Waals surface area contributed by atoms with E-state index in [1.54, 1.807) is 0 Å². The first kappa shape index (κ1) is 12.5. The Morgan fingerprint density at radius 1 is 1.58 bits per heavy atom. The van der Waals surface area contributed by atoms with Gasteiger partial charge in [0.2, 0.25) is 5.95 Å². The SMILES string of the molecule is CCC1CN(C(=O)c2cn3c(n2)NCCC3)CCO1. The maximum atomic E-state index is 12.4. The standard InChI is InChI=1S/C13H20N4O2/c1-2-10-8-16(6-7-19-10)12(18)11-9-17-5-3-4-14-13(17)15-11/h9-10H,2-8H2,1H3,(H,14,15). The lowest BCUT2D eigenvalue weighted by Gasteiger charge is -2.32. The van der Waals surface area contributed by atoms with Gasteiger partial charge < -0.3 is 19.5 Å². The summed E-state index contributed by atoms with van der Waals surface area (Å²) in [6, 6.07) is 0. The smallest absolute Gasteiger partial charge is 0.274 e. The number of nitrogens with zero attached hydrogens (tertiary/aromatic N) is 3.